The Morgan fingerprint density at radius 3 is 2.55 bits per heavy atom. The molecule has 2 aromatic carbocycles. The van der Waals surface area contributed by atoms with E-state index in [-0.39, 0.29) is 0 Å². The van der Waals surface area contributed by atoms with Crippen molar-refractivity contribution in [2.75, 3.05) is 5.32 Å². The number of fused-ring (bicyclic) bond motifs is 1. The molecule has 0 aliphatic rings. The predicted octanol–water partition coefficient (Wildman–Crippen LogP) is 2.73. The van der Waals surface area contributed by atoms with Gasteiger partial charge in [0.1, 0.15) is 0 Å². The fourth-order valence-corrected chi connectivity index (χ4v) is 2.13. The Hall–Kier alpha value is -2.82. The number of hydrogen-bond acceptors (Lipinski definition) is 3. The molecule has 0 aliphatic heterocycles. The average Bonchev–Trinajstić information content (AvgIpc) is 2.89. The minimum atomic E-state index is -0.961. The van der Waals surface area contributed by atoms with Gasteiger partial charge < -0.3 is 10.4 Å². The van der Waals surface area contributed by atoms with Crippen LogP contribution in [-0.4, -0.2) is 20.6 Å². The SMILES string of the molecule is O=C(O)C(Nc1ccccc1)n1cnc2ccccc21. The molecule has 0 spiro atoms. The average molecular weight is 267 g/mol. The molecule has 100 valence electrons. The number of aliphatic carboxylic acids is 1. The molecule has 0 aliphatic carbocycles. The maximum Gasteiger partial charge on any atom is 0.347 e. The number of carboxylic acid groups (broad SMARTS) is 1. The minimum Gasteiger partial charge on any atom is -0.478 e. The van der Waals surface area contributed by atoms with Crippen LogP contribution >= 0.6 is 0 Å². The highest BCUT2D eigenvalue weighted by Crippen LogP contribution is 2.20. The number of nitrogens with one attached hydrogen (secondary N) is 1. The van der Waals surface area contributed by atoms with E-state index in [1.54, 1.807) is 10.9 Å². The molecule has 0 amide bonds. The lowest BCUT2D eigenvalue weighted by Gasteiger charge is -2.17. The molecule has 3 rings (SSSR count). The first kappa shape index (κ1) is 12.2. The summed E-state index contributed by atoms with van der Waals surface area (Å²) in [5, 5.41) is 12.5. The van der Waals surface area contributed by atoms with E-state index in [0.29, 0.717) is 0 Å². The summed E-state index contributed by atoms with van der Waals surface area (Å²) in [5.74, 6) is -0.961. The third kappa shape index (κ3) is 2.21. The van der Waals surface area contributed by atoms with E-state index >= 15 is 0 Å². The van der Waals surface area contributed by atoms with Gasteiger partial charge >= 0.3 is 5.97 Å². The maximum atomic E-state index is 11.5. The summed E-state index contributed by atoms with van der Waals surface area (Å²) in [6.07, 6.45) is 0.643. The van der Waals surface area contributed by atoms with Gasteiger partial charge in [-0.2, -0.15) is 0 Å². The fraction of sp³-hybridized carbons (Fsp3) is 0.0667. The van der Waals surface area contributed by atoms with Crippen molar-refractivity contribution in [1.82, 2.24) is 9.55 Å². The van der Waals surface area contributed by atoms with Crippen LogP contribution in [0, 0.1) is 0 Å². The van der Waals surface area contributed by atoms with E-state index in [1.165, 1.54) is 0 Å². The quantitative estimate of drug-likeness (QED) is 0.762. The van der Waals surface area contributed by atoms with Crippen molar-refractivity contribution in [3.05, 3.63) is 60.9 Å². The number of imidazole rings is 1. The second kappa shape index (κ2) is 5.05. The Morgan fingerprint density at radius 1 is 1.10 bits per heavy atom. The van der Waals surface area contributed by atoms with Gasteiger partial charge in [0.05, 0.1) is 17.4 Å². The van der Waals surface area contributed by atoms with Gasteiger partial charge in [0.15, 0.2) is 0 Å². The van der Waals surface area contributed by atoms with Crippen LogP contribution in [0.2, 0.25) is 0 Å². The number of carbonyl (C=O) groups is 1. The molecule has 5 heteroatoms. The van der Waals surface area contributed by atoms with Gasteiger partial charge in [-0.3, -0.25) is 4.57 Å². The molecule has 5 nitrogen and oxygen atoms in total. The molecule has 0 saturated carbocycles. The topological polar surface area (TPSA) is 67.2 Å². The first-order valence-corrected chi connectivity index (χ1v) is 6.21. The third-order valence-electron chi connectivity index (χ3n) is 3.07. The van der Waals surface area contributed by atoms with Crippen molar-refractivity contribution < 1.29 is 9.90 Å². The van der Waals surface area contributed by atoms with E-state index in [0.717, 1.165) is 16.7 Å². The summed E-state index contributed by atoms with van der Waals surface area (Å²) in [6.45, 7) is 0. The van der Waals surface area contributed by atoms with Gasteiger partial charge in [-0.25, -0.2) is 9.78 Å². The largest absolute Gasteiger partial charge is 0.478 e. The van der Waals surface area contributed by atoms with Crippen LogP contribution in [0.25, 0.3) is 11.0 Å². The lowest BCUT2D eigenvalue weighted by atomic mass is 10.3. The van der Waals surface area contributed by atoms with Crippen LogP contribution in [0.15, 0.2) is 60.9 Å². The fourth-order valence-electron chi connectivity index (χ4n) is 2.13. The van der Waals surface area contributed by atoms with Gasteiger partial charge in [0.2, 0.25) is 6.17 Å². The molecule has 20 heavy (non-hydrogen) atoms. The number of rotatable bonds is 4. The number of nitrogens with zero attached hydrogens (tertiary/aromatic N) is 2. The molecule has 2 N–H and O–H groups in total. The van der Waals surface area contributed by atoms with Crippen LogP contribution in [0.4, 0.5) is 5.69 Å². The number of hydrogen-bond donors (Lipinski definition) is 2. The van der Waals surface area contributed by atoms with Crippen molar-refractivity contribution in [3.63, 3.8) is 0 Å². The first-order chi connectivity index (χ1) is 9.75. The van der Waals surface area contributed by atoms with Gasteiger partial charge in [0.25, 0.3) is 0 Å². The molecular formula is C15H13N3O2. The molecule has 0 radical (unpaired) electrons. The molecule has 1 atom stereocenters. The zero-order valence-corrected chi connectivity index (χ0v) is 10.6. The van der Waals surface area contributed by atoms with Gasteiger partial charge in [-0.05, 0) is 24.3 Å². The van der Waals surface area contributed by atoms with Gasteiger partial charge in [-0.1, -0.05) is 30.3 Å². The van der Waals surface area contributed by atoms with E-state index in [9.17, 15) is 9.90 Å². The Morgan fingerprint density at radius 2 is 1.80 bits per heavy atom. The summed E-state index contributed by atoms with van der Waals surface area (Å²) in [6, 6.07) is 16.7. The molecule has 0 bridgehead atoms. The number of carboxylic acids is 1. The van der Waals surface area contributed by atoms with Crippen molar-refractivity contribution in [3.8, 4) is 0 Å². The van der Waals surface area contributed by atoms with Crippen LogP contribution < -0.4 is 5.32 Å². The molecular weight excluding hydrogens is 254 g/mol. The molecule has 0 saturated heterocycles. The Kier molecular flexibility index (Phi) is 3.09. The van der Waals surface area contributed by atoms with Crippen LogP contribution in [0.5, 0.6) is 0 Å². The highest BCUT2D eigenvalue weighted by molar-refractivity contribution is 5.81. The summed E-state index contributed by atoms with van der Waals surface area (Å²) in [7, 11) is 0. The molecule has 1 heterocycles. The molecule has 3 aromatic rings. The molecule has 0 fully saturated rings. The predicted molar refractivity (Wildman–Crippen MR) is 76.5 cm³/mol. The summed E-state index contributed by atoms with van der Waals surface area (Å²) >= 11 is 0. The number of benzene rings is 2. The van der Waals surface area contributed by atoms with Crippen molar-refractivity contribution >= 4 is 22.7 Å². The zero-order chi connectivity index (χ0) is 13.9. The number of anilines is 1. The Bertz CT molecular complexity index is 737. The van der Waals surface area contributed by atoms with E-state index in [1.807, 2.05) is 54.6 Å². The lowest BCUT2D eigenvalue weighted by molar-refractivity contribution is -0.139. The highest BCUT2D eigenvalue weighted by Gasteiger charge is 2.21. The number of para-hydroxylation sites is 3. The minimum absolute atomic E-state index is 0.748. The van der Waals surface area contributed by atoms with Gasteiger partial charge in [0, 0.05) is 5.69 Å². The second-order valence-electron chi connectivity index (χ2n) is 4.39. The summed E-state index contributed by atoms with van der Waals surface area (Å²) in [5.41, 5.74) is 2.30. The van der Waals surface area contributed by atoms with Crippen LogP contribution in [0.1, 0.15) is 6.17 Å². The monoisotopic (exact) mass is 267 g/mol. The summed E-state index contributed by atoms with van der Waals surface area (Å²) in [4.78, 5) is 15.8. The molecule has 1 aromatic heterocycles. The third-order valence-corrected chi connectivity index (χ3v) is 3.07. The van der Waals surface area contributed by atoms with E-state index < -0.39 is 12.1 Å². The van der Waals surface area contributed by atoms with Crippen LogP contribution in [-0.2, 0) is 4.79 Å². The number of aromatic nitrogens is 2. The van der Waals surface area contributed by atoms with Crippen molar-refractivity contribution in [2.45, 2.75) is 6.17 Å². The second-order valence-corrected chi connectivity index (χ2v) is 4.39. The first-order valence-electron chi connectivity index (χ1n) is 6.21. The van der Waals surface area contributed by atoms with Crippen molar-refractivity contribution in [1.29, 1.82) is 0 Å². The molecule has 1 unspecified atom stereocenters. The van der Waals surface area contributed by atoms with Gasteiger partial charge in [-0.15, -0.1) is 0 Å². The highest BCUT2D eigenvalue weighted by atomic mass is 16.4. The standard InChI is InChI=1S/C15H13N3O2/c19-15(20)14(17-11-6-2-1-3-7-11)18-10-16-12-8-4-5-9-13(12)18/h1-10,14,17H,(H,19,20). The van der Waals surface area contributed by atoms with Crippen molar-refractivity contribution in [2.24, 2.45) is 0 Å². The zero-order valence-electron chi connectivity index (χ0n) is 10.6. The van der Waals surface area contributed by atoms with Crippen LogP contribution in [0.3, 0.4) is 0 Å². The normalized spacial score (nSPS) is 12.2. The maximum absolute atomic E-state index is 11.5. The summed E-state index contributed by atoms with van der Waals surface area (Å²) < 4.78 is 1.62. The lowest BCUT2D eigenvalue weighted by Crippen LogP contribution is -2.26. The van der Waals surface area contributed by atoms with E-state index in [2.05, 4.69) is 10.3 Å². The smallest absolute Gasteiger partial charge is 0.347 e. The Labute approximate surface area is 115 Å². The Balaban J connectivity index is 2.01. The van der Waals surface area contributed by atoms with E-state index in [4.69, 9.17) is 0 Å².